The Hall–Kier alpha value is -1.85. The number of thiophene rings is 1. The van der Waals surface area contributed by atoms with Crippen molar-refractivity contribution >= 4 is 17.2 Å². The minimum atomic E-state index is 0.0528. The molecule has 1 heterocycles. The fraction of sp³-hybridized carbons (Fsp3) is 0.542. The topological polar surface area (TPSA) is 41.6 Å². The summed E-state index contributed by atoms with van der Waals surface area (Å²) >= 11 is 1.76. The summed E-state index contributed by atoms with van der Waals surface area (Å²) < 4.78 is 5.26. The predicted molar refractivity (Wildman–Crippen MR) is 121 cm³/mol. The lowest BCUT2D eigenvalue weighted by Crippen LogP contribution is -2.35. The van der Waals surface area contributed by atoms with Gasteiger partial charge in [0.2, 0.25) is 0 Å². The third kappa shape index (κ3) is 5.01. The Morgan fingerprint density at radius 1 is 1.28 bits per heavy atom. The standard InChI is InChI=1S/C24H34N2O2S/c1-24(2,3)17-9-12-19-20(15-29-22(19)13-17)23(27)25-14-21(26(4)5)16-7-10-18(28-6)11-8-16/h7-8,10-11,15,17,21H,9,12-14H2,1-6H3,(H,25,27). The van der Waals surface area contributed by atoms with Crippen molar-refractivity contribution in [2.45, 2.75) is 46.1 Å². The zero-order valence-corrected chi connectivity index (χ0v) is 19.4. The molecule has 1 aromatic carbocycles. The molecule has 29 heavy (non-hydrogen) atoms. The van der Waals surface area contributed by atoms with Crippen LogP contribution in [0.5, 0.6) is 5.75 Å². The average molecular weight is 415 g/mol. The first-order valence-electron chi connectivity index (χ1n) is 10.4. The molecule has 2 unspecified atom stereocenters. The number of nitrogens with one attached hydrogen (secondary N) is 1. The van der Waals surface area contributed by atoms with Gasteiger partial charge in [-0.15, -0.1) is 11.3 Å². The van der Waals surface area contributed by atoms with E-state index < -0.39 is 0 Å². The van der Waals surface area contributed by atoms with Crippen LogP contribution in [0.2, 0.25) is 0 Å². The number of carbonyl (C=O) groups is 1. The van der Waals surface area contributed by atoms with Crippen LogP contribution < -0.4 is 10.1 Å². The molecule has 2 aromatic rings. The summed E-state index contributed by atoms with van der Waals surface area (Å²) in [6.07, 6.45) is 3.28. The number of hydrogen-bond donors (Lipinski definition) is 1. The molecule has 1 aliphatic rings. The summed E-state index contributed by atoms with van der Waals surface area (Å²) in [5.41, 5.74) is 3.64. The van der Waals surface area contributed by atoms with Crippen molar-refractivity contribution in [3.63, 3.8) is 0 Å². The monoisotopic (exact) mass is 414 g/mol. The second-order valence-corrected chi connectivity index (χ2v) is 10.3. The zero-order chi connectivity index (χ0) is 21.2. The van der Waals surface area contributed by atoms with Gasteiger partial charge in [0, 0.05) is 16.8 Å². The number of rotatable bonds is 6. The maximum atomic E-state index is 13.0. The zero-order valence-electron chi connectivity index (χ0n) is 18.5. The lowest BCUT2D eigenvalue weighted by atomic mass is 9.72. The molecular weight excluding hydrogens is 380 g/mol. The molecule has 1 aliphatic carbocycles. The smallest absolute Gasteiger partial charge is 0.252 e. The van der Waals surface area contributed by atoms with Crippen molar-refractivity contribution in [2.75, 3.05) is 27.7 Å². The van der Waals surface area contributed by atoms with Gasteiger partial charge in [-0.2, -0.15) is 0 Å². The second-order valence-electron chi connectivity index (χ2n) is 9.32. The number of hydrogen-bond acceptors (Lipinski definition) is 4. The summed E-state index contributed by atoms with van der Waals surface area (Å²) in [6, 6.07) is 8.18. The third-order valence-corrected chi connectivity index (χ3v) is 7.26. The molecular formula is C24H34N2O2S. The van der Waals surface area contributed by atoms with E-state index in [4.69, 9.17) is 4.74 Å². The maximum absolute atomic E-state index is 13.0. The molecule has 3 rings (SSSR count). The normalized spacial score (nSPS) is 17.7. The molecule has 0 saturated carbocycles. The van der Waals surface area contributed by atoms with Gasteiger partial charge in [0.15, 0.2) is 0 Å². The number of likely N-dealkylation sites (N-methyl/N-ethyl adjacent to an activating group) is 1. The Kier molecular flexibility index (Phi) is 6.69. The van der Waals surface area contributed by atoms with E-state index in [1.54, 1.807) is 18.4 Å². The van der Waals surface area contributed by atoms with Crippen LogP contribution in [0.4, 0.5) is 0 Å². The number of carbonyl (C=O) groups excluding carboxylic acids is 1. The molecule has 0 aliphatic heterocycles. The Labute approximate surface area is 179 Å². The van der Waals surface area contributed by atoms with Gasteiger partial charge in [0.1, 0.15) is 5.75 Å². The number of fused-ring (bicyclic) bond motifs is 1. The van der Waals surface area contributed by atoms with Crippen molar-refractivity contribution in [3.05, 3.63) is 51.2 Å². The molecule has 158 valence electrons. The van der Waals surface area contributed by atoms with Crippen molar-refractivity contribution in [3.8, 4) is 5.75 Å². The highest BCUT2D eigenvalue weighted by Gasteiger charge is 2.31. The van der Waals surface area contributed by atoms with Crippen LogP contribution in [0.25, 0.3) is 0 Å². The number of benzene rings is 1. The highest BCUT2D eigenvalue weighted by molar-refractivity contribution is 7.10. The maximum Gasteiger partial charge on any atom is 0.252 e. The Balaban J connectivity index is 1.68. The Morgan fingerprint density at radius 2 is 1.97 bits per heavy atom. The SMILES string of the molecule is COc1ccc(C(CNC(=O)c2csc3c2CCC(C(C)(C)C)C3)N(C)C)cc1. The first kappa shape index (κ1) is 21.8. The third-order valence-electron chi connectivity index (χ3n) is 6.20. The van der Waals surface area contributed by atoms with Gasteiger partial charge in [-0.05, 0) is 68.0 Å². The Bertz CT molecular complexity index is 834. The summed E-state index contributed by atoms with van der Waals surface area (Å²) in [7, 11) is 5.75. The van der Waals surface area contributed by atoms with Crippen molar-refractivity contribution in [2.24, 2.45) is 11.3 Å². The quantitative estimate of drug-likeness (QED) is 0.728. The molecule has 0 bridgehead atoms. The van der Waals surface area contributed by atoms with Gasteiger partial charge in [-0.1, -0.05) is 32.9 Å². The van der Waals surface area contributed by atoms with Crippen molar-refractivity contribution in [1.29, 1.82) is 0 Å². The van der Waals surface area contributed by atoms with Gasteiger partial charge in [-0.25, -0.2) is 0 Å². The summed E-state index contributed by atoms with van der Waals surface area (Å²) in [5.74, 6) is 1.59. The second kappa shape index (κ2) is 8.88. The van der Waals surface area contributed by atoms with E-state index in [2.05, 4.69) is 48.5 Å². The van der Waals surface area contributed by atoms with E-state index in [-0.39, 0.29) is 11.9 Å². The first-order chi connectivity index (χ1) is 13.7. The van der Waals surface area contributed by atoms with Crippen molar-refractivity contribution < 1.29 is 9.53 Å². The van der Waals surface area contributed by atoms with Crippen LogP contribution in [-0.4, -0.2) is 38.6 Å². The molecule has 0 radical (unpaired) electrons. The number of nitrogens with zero attached hydrogens (tertiary/aromatic N) is 1. The van der Waals surface area contributed by atoms with Crippen LogP contribution in [0.1, 0.15) is 59.6 Å². The predicted octanol–water partition coefficient (Wildman–Crippen LogP) is 4.94. The van der Waals surface area contributed by atoms with Crippen molar-refractivity contribution in [1.82, 2.24) is 10.2 Å². The molecule has 4 nitrogen and oxygen atoms in total. The van der Waals surface area contributed by atoms with E-state index in [0.29, 0.717) is 17.9 Å². The fourth-order valence-electron chi connectivity index (χ4n) is 4.15. The van der Waals surface area contributed by atoms with Gasteiger partial charge >= 0.3 is 0 Å². The minimum Gasteiger partial charge on any atom is -0.497 e. The highest BCUT2D eigenvalue weighted by Crippen LogP contribution is 2.40. The molecule has 2 atom stereocenters. The molecule has 0 fully saturated rings. The van der Waals surface area contributed by atoms with Crippen LogP contribution >= 0.6 is 11.3 Å². The summed E-state index contributed by atoms with van der Waals surface area (Å²) in [6.45, 7) is 7.55. The van der Waals surface area contributed by atoms with E-state index in [9.17, 15) is 4.79 Å². The fourth-order valence-corrected chi connectivity index (χ4v) is 5.31. The lowest BCUT2D eigenvalue weighted by Gasteiger charge is -2.34. The van der Waals surface area contributed by atoms with Gasteiger partial charge < -0.3 is 15.0 Å². The van der Waals surface area contributed by atoms with Crippen LogP contribution in [0.3, 0.4) is 0 Å². The van der Waals surface area contributed by atoms with Gasteiger partial charge in [-0.3, -0.25) is 4.79 Å². The molecule has 0 saturated heterocycles. The van der Waals surface area contributed by atoms with Gasteiger partial charge in [0.25, 0.3) is 5.91 Å². The number of ether oxygens (including phenoxy) is 1. The molecule has 1 amide bonds. The molecule has 1 N–H and O–H groups in total. The largest absolute Gasteiger partial charge is 0.497 e. The Morgan fingerprint density at radius 3 is 2.55 bits per heavy atom. The summed E-state index contributed by atoms with van der Waals surface area (Å²) in [5, 5.41) is 5.24. The highest BCUT2D eigenvalue weighted by atomic mass is 32.1. The minimum absolute atomic E-state index is 0.0528. The average Bonchev–Trinajstić information content (AvgIpc) is 3.11. The van der Waals surface area contributed by atoms with Crippen LogP contribution in [-0.2, 0) is 12.8 Å². The van der Waals surface area contributed by atoms with E-state index in [0.717, 1.165) is 29.7 Å². The number of amides is 1. The van der Waals surface area contributed by atoms with Crippen LogP contribution in [0, 0.1) is 11.3 Å². The first-order valence-corrected chi connectivity index (χ1v) is 11.3. The van der Waals surface area contributed by atoms with Crippen LogP contribution in [0.15, 0.2) is 29.6 Å². The van der Waals surface area contributed by atoms with E-state index in [1.165, 1.54) is 16.9 Å². The van der Waals surface area contributed by atoms with E-state index in [1.807, 2.05) is 26.2 Å². The molecule has 5 heteroatoms. The number of methoxy groups -OCH3 is 1. The molecule has 0 spiro atoms. The molecule has 1 aromatic heterocycles. The lowest BCUT2D eigenvalue weighted by molar-refractivity contribution is 0.0941. The summed E-state index contributed by atoms with van der Waals surface area (Å²) in [4.78, 5) is 16.5. The van der Waals surface area contributed by atoms with Gasteiger partial charge in [0.05, 0.1) is 18.7 Å². The van der Waals surface area contributed by atoms with E-state index >= 15 is 0 Å².